The van der Waals surface area contributed by atoms with E-state index in [9.17, 15) is 10.2 Å². The van der Waals surface area contributed by atoms with Crippen molar-refractivity contribution < 1.29 is 14.9 Å². The van der Waals surface area contributed by atoms with Crippen LogP contribution in [0.1, 0.15) is 26.3 Å². The Morgan fingerprint density at radius 2 is 1.89 bits per heavy atom. The second-order valence-electron chi connectivity index (χ2n) is 4.77. The minimum atomic E-state index is -1.10. The third-order valence-electron chi connectivity index (χ3n) is 2.33. The Hall–Kier alpha value is -1.34. The van der Waals surface area contributed by atoms with Crippen LogP contribution in [-0.2, 0) is 11.3 Å². The summed E-state index contributed by atoms with van der Waals surface area (Å²) in [6, 6.07) is 9.74. The van der Waals surface area contributed by atoms with Gasteiger partial charge in [0.15, 0.2) is 0 Å². The SMILES string of the molecule is C[C@@H](OCc1ccccc1)C(O)C#CC(C)(C)O. The Kier molecular flexibility index (Phi) is 5.36. The highest BCUT2D eigenvalue weighted by molar-refractivity contribution is 5.15. The van der Waals surface area contributed by atoms with Crippen LogP contribution < -0.4 is 0 Å². The van der Waals surface area contributed by atoms with Gasteiger partial charge in [0.25, 0.3) is 0 Å². The van der Waals surface area contributed by atoms with E-state index in [4.69, 9.17) is 4.74 Å². The van der Waals surface area contributed by atoms with Gasteiger partial charge in [-0.25, -0.2) is 0 Å². The number of aliphatic hydroxyl groups excluding tert-OH is 1. The zero-order valence-electron chi connectivity index (χ0n) is 11.1. The second kappa shape index (κ2) is 6.55. The zero-order chi connectivity index (χ0) is 13.6. The predicted octanol–water partition coefficient (Wildman–Crippen LogP) is 1.73. The first-order valence-corrected chi connectivity index (χ1v) is 5.97. The molecule has 1 rings (SSSR count). The van der Waals surface area contributed by atoms with Crippen LogP contribution >= 0.6 is 0 Å². The van der Waals surface area contributed by atoms with Crippen LogP contribution in [0.5, 0.6) is 0 Å². The average molecular weight is 248 g/mol. The number of rotatable bonds is 4. The molecular weight excluding hydrogens is 228 g/mol. The van der Waals surface area contributed by atoms with Gasteiger partial charge in [-0.15, -0.1) is 0 Å². The normalized spacial score (nSPS) is 14.5. The van der Waals surface area contributed by atoms with Gasteiger partial charge in [0, 0.05) is 0 Å². The Labute approximate surface area is 108 Å². The average Bonchev–Trinajstić information content (AvgIpc) is 2.33. The van der Waals surface area contributed by atoms with E-state index in [1.54, 1.807) is 20.8 Å². The van der Waals surface area contributed by atoms with Crippen LogP contribution in [0, 0.1) is 11.8 Å². The van der Waals surface area contributed by atoms with Crippen LogP contribution in [0.2, 0.25) is 0 Å². The molecule has 1 unspecified atom stereocenters. The summed E-state index contributed by atoms with van der Waals surface area (Å²) in [5, 5.41) is 19.2. The Balaban J connectivity index is 2.45. The molecule has 2 N–H and O–H groups in total. The topological polar surface area (TPSA) is 49.7 Å². The van der Waals surface area contributed by atoms with Crippen molar-refractivity contribution in [3.8, 4) is 11.8 Å². The first-order chi connectivity index (χ1) is 8.38. The lowest BCUT2D eigenvalue weighted by atomic mass is 10.1. The van der Waals surface area contributed by atoms with Crippen molar-refractivity contribution in [3.05, 3.63) is 35.9 Å². The lowest BCUT2D eigenvalue weighted by Gasteiger charge is -2.16. The van der Waals surface area contributed by atoms with Gasteiger partial charge in [0.2, 0.25) is 0 Å². The maximum absolute atomic E-state index is 9.75. The third kappa shape index (κ3) is 5.83. The van der Waals surface area contributed by atoms with Crippen molar-refractivity contribution in [2.75, 3.05) is 0 Å². The van der Waals surface area contributed by atoms with Gasteiger partial charge in [0.05, 0.1) is 12.7 Å². The molecule has 98 valence electrons. The van der Waals surface area contributed by atoms with Gasteiger partial charge in [-0.3, -0.25) is 0 Å². The molecule has 2 atom stereocenters. The zero-order valence-corrected chi connectivity index (χ0v) is 11.1. The molecule has 0 aliphatic rings. The highest BCUT2D eigenvalue weighted by Gasteiger charge is 2.13. The summed E-state index contributed by atoms with van der Waals surface area (Å²) >= 11 is 0. The summed E-state index contributed by atoms with van der Waals surface area (Å²) in [6.07, 6.45) is -1.31. The lowest BCUT2D eigenvalue weighted by Crippen LogP contribution is -2.25. The maximum atomic E-state index is 9.75. The third-order valence-corrected chi connectivity index (χ3v) is 2.33. The molecule has 0 bridgehead atoms. The molecule has 0 heterocycles. The standard InChI is InChI=1S/C15H20O3/c1-12(14(16)9-10-15(2,3)17)18-11-13-7-5-4-6-8-13/h4-8,12,14,16-17H,11H2,1-3H3/t12-,14?/m1/s1. The second-order valence-corrected chi connectivity index (χ2v) is 4.77. The molecule has 0 aromatic heterocycles. The fourth-order valence-electron chi connectivity index (χ4n) is 1.26. The van der Waals surface area contributed by atoms with Crippen molar-refractivity contribution in [1.29, 1.82) is 0 Å². The summed E-state index contributed by atoms with van der Waals surface area (Å²) in [7, 11) is 0. The number of benzene rings is 1. The molecule has 18 heavy (non-hydrogen) atoms. The number of hydrogen-bond donors (Lipinski definition) is 2. The molecule has 0 radical (unpaired) electrons. The Morgan fingerprint density at radius 1 is 1.28 bits per heavy atom. The molecule has 3 heteroatoms. The van der Waals surface area contributed by atoms with E-state index in [2.05, 4.69) is 11.8 Å². The van der Waals surface area contributed by atoms with Crippen LogP contribution in [0.3, 0.4) is 0 Å². The smallest absolute Gasteiger partial charge is 0.140 e. The van der Waals surface area contributed by atoms with Gasteiger partial charge in [-0.05, 0) is 26.3 Å². The summed E-state index contributed by atoms with van der Waals surface area (Å²) < 4.78 is 5.52. The van der Waals surface area contributed by atoms with Crippen LogP contribution in [0.25, 0.3) is 0 Å². The van der Waals surface area contributed by atoms with Crippen LogP contribution in [-0.4, -0.2) is 28.0 Å². The molecule has 0 aliphatic carbocycles. The summed E-state index contributed by atoms with van der Waals surface area (Å²) in [5.41, 5.74) is -0.0489. The van der Waals surface area contributed by atoms with Gasteiger partial charge in [-0.1, -0.05) is 42.2 Å². The molecule has 0 amide bonds. The van der Waals surface area contributed by atoms with E-state index in [-0.39, 0.29) is 0 Å². The molecule has 0 saturated heterocycles. The van der Waals surface area contributed by atoms with Crippen molar-refractivity contribution in [1.82, 2.24) is 0 Å². The minimum Gasteiger partial charge on any atom is -0.378 e. The van der Waals surface area contributed by atoms with Gasteiger partial charge in [0.1, 0.15) is 11.7 Å². The lowest BCUT2D eigenvalue weighted by molar-refractivity contribution is -0.0118. The maximum Gasteiger partial charge on any atom is 0.140 e. The van der Waals surface area contributed by atoms with E-state index < -0.39 is 17.8 Å². The summed E-state index contributed by atoms with van der Waals surface area (Å²) in [6.45, 7) is 5.33. The van der Waals surface area contributed by atoms with Crippen LogP contribution in [0.4, 0.5) is 0 Å². The van der Waals surface area contributed by atoms with Crippen molar-refractivity contribution in [3.63, 3.8) is 0 Å². The van der Waals surface area contributed by atoms with Crippen molar-refractivity contribution in [2.45, 2.75) is 45.2 Å². The number of ether oxygens (including phenoxy) is 1. The first kappa shape index (κ1) is 14.7. The van der Waals surface area contributed by atoms with E-state index in [0.29, 0.717) is 6.61 Å². The number of hydrogen-bond acceptors (Lipinski definition) is 3. The Bertz CT molecular complexity index is 409. The van der Waals surface area contributed by atoms with E-state index in [0.717, 1.165) is 5.56 Å². The molecule has 0 fully saturated rings. The highest BCUT2D eigenvalue weighted by Crippen LogP contribution is 2.06. The predicted molar refractivity (Wildman–Crippen MR) is 70.8 cm³/mol. The fourth-order valence-corrected chi connectivity index (χ4v) is 1.26. The van der Waals surface area contributed by atoms with Gasteiger partial charge in [-0.2, -0.15) is 0 Å². The molecule has 0 saturated carbocycles. The van der Waals surface area contributed by atoms with E-state index in [1.165, 1.54) is 0 Å². The molecule has 0 spiro atoms. The molecule has 1 aromatic carbocycles. The minimum absolute atomic E-state index is 0.403. The fraction of sp³-hybridized carbons (Fsp3) is 0.467. The summed E-state index contributed by atoms with van der Waals surface area (Å²) in [4.78, 5) is 0. The molecule has 0 aliphatic heterocycles. The van der Waals surface area contributed by atoms with Crippen molar-refractivity contribution in [2.24, 2.45) is 0 Å². The summed E-state index contributed by atoms with van der Waals surface area (Å²) in [5.74, 6) is 5.17. The van der Waals surface area contributed by atoms with Gasteiger partial charge >= 0.3 is 0 Å². The monoisotopic (exact) mass is 248 g/mol. The highest BCUT2D eigenvalue weighted by atomic mass is 16.5. The number of aliphatic hydroxyl groups is 2. The van der Waals surface area contributed by atoms with Crippen molar-refractivity contribution >= 4 is 0 Å². The van der Waals surface area contributed by atoms with Gasteiger partial charge < -0.3 is 14.9 Å². The van der Waals surface area contributed by atoms with Crippen LogP contribution in [0.15, 0.2) is 30.3 Å². The quantitative estimate of drug-likeness (QED) is 0.798. The molecular formula is C15H20O3. The first-order valence-electron chi connectivity index (χ1n) is 5.97. The molecule has 1 aromatic rings. The van der Waals surface area contributed by atoms with E-state index >= 15 is 0 Å². The molecule has 3 nitrogen and oxygen atoms in total. The van der Waals surface area contributed by atoms with E-state index in [1.807, 2.05) is 30.3 Å². The largest absolute Gasteiger partial charge is 0.378 e. The Morgan fingerprint density at radius 3 is 2.44 bits per heavy atom.